The second kappa shape index (κ2) is 6.15. The molecule has 0 amide bonds. The molecule has 0 saturated carbocycles. The smallest absolute Gasteiger partial charge is 0.258 e. The fourth-order valence-electron chi connectivity index (χ4n) is 1.88. The van der Waals surface area contributed by atoms with E-state index in [1.807, 2.05) is 36.4 Å². The molecule has 0 aliphatic rings. The van der Waals surface area contributed by atoms with E-state index < -0.39 is 0 Å². The topological polar surface area (TPSA) is 84.1 Å². The van der Waals surface area contributed by atoms with Crippen molar-refractivity contribution in [1.82, 2.24) is 15.1 Å². The van der Waals surface area contributed by atoms with E-state index in [2.05, 4.69) is 20.4 Å². The van der Waals surface area contributed by atoms with Crippen LogP contribution in [0, 0.1) is 0 Å². The van der Waals surface area contributed by atoms with Gasteiger partial charge in [-0.25, -0.2) is 0 Å². The standard InChI is InChI=1S/C15H14N4O2/c20-9-8-17-13-5-3-11(4-6-13)15-18-14(19-21-15)12-2-1-7-16-10-12/h1-7,10,17,20H,8-9H2. The maximum absolute atomic E-state index is 8.77. The number of nitrogens with zero attached hydrogens (tertiary/aromatic N) is 3. The lowest BCUT2D eigenvalue weighted by atomic mass is 10.2. The predicted molar refractivity (Wildman–Crippen MR) is 78.5 cm³/mol. The molecule has 0 aliphatic heterocycles. The molecule has 0 spiro atoms. The fourth-order valence-corrected chi connectivity index (χ4v) is 1.88. The van der Waals surface area contributed by atoms with Gasteiger partial charge < -0.3 is 14.9 Å². The lowest BCUT2D eigenvalue weighted by Gasteiger charge is -2.03. The summed E-state index contributed by atoms with van der Waals surface area (Å²) in [6.07, 6.45) is 3.39. The van der Waals surface area contributed by atoms with Crippen molar-refractivity contribution in [2.45, 2.75) is 0 Å². The molecule has 0 atom stereocenters. The van der Waals surface area contributed by atoms with Gasteiger partial charge in [-0.1, -0.05) is 5.16 Å². The molecule has 3 rings (SSSR count). The number of benzene rings is 1. The van der Waals surface area contributed by atoms with Crippen molar-refractivity contribution in [3.8, 4) is 22.8 Å². The average Bonchev–Trinajstić information content (AvgIpc) is 3.04. The highest BCUT2D eigenvalue weighted by Gasteiger charge is 2.10. The quantitative estimate of drug-likeness (QED) is 0.746. The minimum absolute atomic E-state index is 0.0971. The van der Waals surface area contributed by atoms with Crippen LogP contribution in [0.5, 0.6) is 0 Å². The molecule has 6 heteroatoms. The third-order valence-corrected chi connectivity index (χ3v) is 2.92. The molecule has 3 aromatic rings. The molecule has 0 aliphatic carbocycles. The normalized spacial score (nSPS) is 10.5. The SMILES string of the molecule is OCCNc1ccc(-c2nc(-c3cccnc3)no2)cc1. The molecule has 2 aromatic heterocycles. The Kier molecular flexibility index (Phi) is 3.88. The third-order valence-electron chi connectivity index (χ3n) is 2.92. The highest BCUT2D eigenvalue weighted by Crippen LogP contribution is 2.22. The molecule has 0 saturated heterocycles. The van der Waals surface area contributed by atoms with Gasteiger partial charge in [0.2, 0.25) is 5.82 Å². The predicted octanol–water partition coefficient (Wildman–Crippen LogP) is 2.20. The molecule has 0 bridgehead atoms. The summed E-state index contributed by atoms with van der Waals surface area (Å²) in [7, 11) is 0. The highest BCUT2D eigenvalue weighted by molar-refractivity contribution is 5.61. The van der Waals surface area contributed by atoms with Gasteiger partial charge in [0.1, 0.15) is 0 Å². The van der Waals surface area contributed by atoms with E-state index in [1.54, 1.807) is 12.4 Å². The summed E-state index contributed by atoms with van der Waals surface area (Å²) in [6.45, 7) is 0.616. The molecule has 21 heavy (non-hydrogen) atoms. The molecular weight excluding hydrogens is 268 g/mol. The van der Waals surface area contributed by atoms with Crippen LogP contribution in [-0.2, 0) is 0 Å². The fraction of sp³-hybridized carbons (Fsp3) is 0.133. The summed E-state index contributed by atoms with van der Waals surface area (Å²) < 4.78 is 5.28. The number of aliphatic hydroxyl groups excluding tert-OH is 1. The average molecular weight is 282 g/mol. The Labute approximate surface area is 121 Å². The van der Waals surface area contributed by atoms with Crippen LogP contribution < -0.4 is 5.32 Å². The number of anilines is 1. The second-order valence-electron chi connectivity index (χ2n) is 4.39. The van der Waals surface area contributed by atoms with E-state index >= 15 is 0 Å². The molecule has 0 radical (unpaired) electrons. The van der Waals surface area contributed by atoms with Crippen molar-refractivity contribution in [3.05, 3.63) is 48.8 Å². The summed E-state index contributed by atoms with van der Waals surface area (Å²) >= 11 is 0. The van der Waals surface area contributed by atoms with Crippen LogP contribution >= 0.6 is 0 Å². The first-order valence-electron chi connectivity index (χ1n) is 6.56. The highest BCUT2D eigenvalue weighted by atomic mass is 16.5. The summed E-state index contributed by atoms with van der Waals surface area (Å²) in [4.78, 5) is 8.40. The van der Waals surface area contributed by atoms with E-state index in [4.69, 9.17) is 9.63 Å². The Morgan fingerprint density at radius 2 is 1.95 bits per heavy atom. The second-order valence-corrected chi connectivity index (χ2v) is 4.39. The molecular formula is C15H14N4O2. The van der Waals surface area contributed by atoms with Gasteiger partial charge in [0.25, 0.3) is 5.89 Å². The number of pyridine rings is 1. The Balaban J connectivity index is 1.80. The summed E-state index contributed by atoms with van der Waals surface area (Å²) in [5, 5.41) is 15.8. The van der Waals surface area contributed by atoms with Gasteiger partial charge in [0.05, 0.1) is 6.61 Å². The Hall–Kier alpha value is -2.73. The number of aromatic nitrogens is 3. The van der Waals surface area contributed by atoms with Crippen LogP contribution in [0.2, 0.25) is 0 Å². The first kappa shape index (κ1) is 13.3. The van der Waals surface area contributed by atoms with Crippen molar-refractivity contribution in [2.24, 2.45) is 0 Å². The number of aliphatic hydroxyl groups is 1. The van der Waals surface area contributed by atoms with E-state index in [9.17, 15) is 0 Å². The zero-order valence-corrected chi connectivity index (χ0v) is 11.2. The number of nitrogens with one attached hydrogen (secondary N) is 1. The van der Waals surface area contributed by atoms with Crippen LogP contribution in [0.15, 0.2) is 53.3 Å². The third kappa shape index (κ3) is 3.06. The first-order valence-corrected chi connectivity index (χ1v) is 6.56. The van der Waals surface area contributed by atoms with E-state index in [0.29, 0.717) is 18.3 Å². The Morgan fingerprint density at radius 1 is 1.10 bits per heavy atom. The molecule has 0 fully saturated rings. The van der Waals surface area contributed by atoms with E-state index in [-0.39, 0.29) is 6.61 Å². The first-order chi connectivity index (χ1) is 10.4. The summed E-state index contributed by atoms with van der Waals surface area (Å²) in [6, 6.07) is 11.3. The van der Waals surface area contributed by atoms with Gasteiger partial charge in [-0.3, -0.25) is 4.98 Å². The Bertz CT molecular complexity index is 695. The molecule has 0 unspecified atom stereocenters. The summed E-state index contributed by atoms with van der Waals surface area (Å²) in [5.41, 5.74) is 2.58. The van der Waals surface area contributed by atoms with Gasteiger partial charge in [-0.2, -0.15) is 4.98 Å². The van der Waals surface area contributed by atoms with Crippen LogP contribution in [0.4, 0.5) is 5.69 Å². The van der Waals surface area contributed by atoms with Crippen molar-refractivity contribution in [2.75, 3.05) is 18.5 Å². The van der Waals surface area contributed by atoms with Crippen molar-refractivity contribution >= 4 is 5.69 Å². The van der Waals surface area contributed by atoms with Gasteiger partial charge in [-0.15, -0.1) is 0 Å². The maximum Gasteiger partial charge on any atom is 0.258 e. The van der Waals surface area contributed by atoms with Gasteiger partial charge in [0.15, 0.2) is 0 Å². The minimum atomic E-state index is 0.0971. The molecule has 6 nitrogen and oxygen atoms in total. The van der Waals surface area contributed by atoms with E-state index in [0.717, 1.165) is 16.8 Å². The van der Waals surface area contributed by atoms with Gasteiger partial charge >= 0.3 is 0 Å². The van der Waals surface area contributed by atoms with Crippen molar-refractivity contribution < 1.29 is 9.63 Å². The molecule has 2 heterocycles. The van der Waals surface area contributed by atoms with Crippen molar-refractivity contribution in [3.63, 3.8) is 0 Å². The monoisotopic (exact) mass is 282 g/mol. The Morgan fingerprint density at radius 3 is 2.67 bits per heavy atom. The van der Waals surface area contributed by atoms with Crippen LogP contribution in [0.3, 0.4) is 0 Å². The zero-order valence-electron chi connectivity index (χ0n) is 11.2. The molecule has 2 N–H and O–H groups in total. The van der Waals surface area contributed by atoms with E-state index in [1.165, 1.54) is 0 Å². The molecule has 106 valence electrons. The number of hydrogen-bond acceptors (Lipinski definition) is 6. The van der Waals surface area contributed by atoms with Crippen LogP contribution in [0.1, 0.15) is 0 Å². The van der Waals surface area contributed by atoms with Crippen molar-refractivity contribution in [1.29, 1.82) is 0 Å². The zero-order chi connectivity index (χ0) is 14.5. The van der Waals surface area contributed by atoms with Gasteiger partial charge in [0, 0.05) is 35.8 Å². The van der Waals surface area contributed by atoms with Crippen LogP contribution in [-0.4, -0.2) is 33.4 Å². The lowest BCUT2D eigenvalue weighted by molar-refractivity contribution is 0.311. The maximum atomic E-state index is 8.77. The number of rotatable bonds is 5. The minimum Gasteiger partial charge on any atom is -0.395 e. The van der Waals surface area contributed by atoms with Gasteiger partial charge in [-0.05, 0) is 36.4 Å². The summed E-state index contributed by atoms with van der Waals surface area (Å²) in [5.74, 6) is 0.975. The lowest BCUT2D eigenvalue weighted by Crippen LogP contribution is -2.04. The molecule has 1 aromatic carbocycles. The number of hydrogen-bond donors (Lipinski definition) is 2. The largest absolute Gasteiger partial charge is 0.395 e. The van der Waals surface area contributed by atoms with Crippen LogP contribution in [0.25, 0.3) is 22.8 Å².